The van der Waals surface area contributed by atoms with E-state index in [0.717, 1.165) is 12.3 Å². The number of carbonyl (C=O) groups excluding carboxylic acids is 1. The van der Waals surface area contributed by atoms with Crippen molar-refractivity contribution in [3.05, 3.63) is 0 Å². The van der Waals surface area contributed by atoms with Crippen molar-refractivity contribution >= 4 is 21.8 Å². The SMILES string of the molecule is CC1CCC(NC(=O)C(C)(C)Br)C(C)C1. The maximum absolute atomic E-state index is 11.8. The van der Waals surface area contributed by atoms with Crippen LogP contribution in [-0.4, -0.2) is 16.3 Å². The van der Waals surface area contributed by atoms with E-state index >= 15 is 0 Å². The van der Waals surface area contributed by atoms with Crippen LogP contribution < -0.4 is 5.32 Å². The van der Waals surface area contributed by atoms with Crippen LogP contribution in [0.1, 0.15) is 47.0 Å². The molecular weight excluding hydrogens is 254 g/mol. The average molecular weight is 276 g/mol. The van der Waals surface area contributed by atoms with Gasteiger partial charge in [-0.2, -0.15) is 0 Å². The second-order valence-electron chi connectivity index (χ2n) is 5.45. The molecule has 0 heterocycles. The molecule has 0 aromatic carbocycles. The highest BCUT2D eigenvalue weighted by Gasteiger charge is 2.30. The van der Waals surface area contributed by atoms with E-state index in [1.54, 1.807) is 0 Å². The summed E-state index contributed by atoms with van der Waals surface area (Å²) in [4.78, 5) is 11.8. The van der Waals surface area contributed by atoms with Crippen LogP contribution in [0.5, 0.6) is 0 Å². The van der Waals surface area contributed by atoms with Gasteiger partial charge in [0.1, 0.15) is 0 Å². The summed E-state index contributed by atoms with van der Waals surface area (Å²) in [7, 11) is 0. The lowest BCUT2D eigenvalue weighted by molar-refractivity contribution is -0.123. The highest BCUT2D eigenvalue weighted by atomic mass is 79.9. The molecule has 0 saturated heterocycles. The molecule has 1 fully saturated rings. The Kier molecular flexibility index (Phi) is 4.21. The Morgan fingerprint density at radius 2 is 1.93 bits per heavy atom. The summed E-state index contributed by atoms with van der Waals surface area (Å²) >= 11 is 3.39. The molecule has 1 saturated carbocycles. The molecule has 1 rings (SSSR count). The molecule has 0 aromatic rings. The normalized spacial score (nSPS) is 32.5. The third kappa shape index (κ3) is 3.78. The second kappa shape index (κ2) is 4.86. The molecule has 1 aliphatic carbocycles. The van der Waals surface area contributed by atoms with Crippen molar-refractivity contribution in [1.29, 1.82) is 0 Å². The summed E-state index contributed by atoms with van der Waals surface area (Å²) in [6, 6.07) is 0.366. The van der Waals surface area contributed by atoms with Crippen LogP contribution in [0.15, 0.2) is 0 Å². The number of alkyl halides is 1. The molecule has 0 bridgehead atoms. The van der Waals surface area contributed by atoms with Crippen LogP contribution in [0, 0.1) is 11.8 Å². The maximum atomic E-state index is 11.8. The third-order valence-corrected chi connectivity index (χ3v) is 3.65. The molecule has 1 aliphatic rings. The van der Waals surface area contributed by atoms with Crippen molar-refractivity contribution in [2.45, 2.75) is 57.3 Å². The van der Waals surface area contributed by atoms with E-state index in [1.165, 1.54) is 12.8 Å². The average Bonchev–Trinajstić information content (AvgIpc) is 2.08. The van der Waals surface area contributed by atoms with Gasteiger partial charge < -0.3 is 5.32 Å². The standard InChI is InChI=1S/C12H22BrNO/c1-8-5-6-10(9(2)7-8)14-11(15)12(3,4)13/h8-10H,5-7H2,1-4H3,(H,14,15). The fourth-order valence-electron chi connectivity index (χ4n) is 2.22. The summed E-state index contributed by atoms with van der Waals surface area (Å²) in [5.74, 6) is 1.52. The van der Waals surface area contributed by atoms with Gasteiger partial charge in [-0.15, -0.1) is 0 Å². The van der Waals surface area contributed by atoms with Crippen molar-refractivity contribution in [3.8, 4) is 0 Å². The molecule has 1 amide bonds. The van der Waals surface area contributed by atoms with Gasteiger partial charge in [-0.1, -0.05) is 29.8 Å². The lowest BCUT2D eigenvalue weighted by Gasteiger charge is -2.34. The van der Waals surface area contributed by atoms with Crippen molar-refractivity contribution in [1.82, 2.24) is 5.32 Å². The van der Waals surface area contributed by atoms with Gasteiger partial charge in [0.05, 0.1) is 4.32 Å². The lowest BCUT2D eigenvalue weighted by Crippen LogP contribution is -2.48. The molecule has 15 heavy (non-hydrogen) atoms. The van der Waals surface area contributed by atoms with E-state index in [2.05, 4.69) is 35.1 Å². The predicted octanol–water partition coefficient (Wildman–Crippen LogP) is 3.10. The van der Waals surface area contributed by atoms with E-state index in [9.17, 15) is 4.79 Å². The number of nitrogens with one attached hydrogen (secondary N) is 1. The van der Waals surface area contributed by atoms with Crippen LogP contribution in [0.4, 0.5) is 0 Å². The molecule has 3 heteroatoms. The van der Waals surface area contributed by atoms with E-state index < -0.39 is 4.32 Å². The van der Waals surface area contributed by atoms with Gasteiger partial charge in [0, 0.05) is 6.04 Å². The third-order valence-electron chi connectivity index (χ3n) is 3.29. The summed E-state index contributed by atoms with van der Waals surface area (Å²) in [5, 5.41) is 3.14. The summed E-state index contributed by atoms with van der Waals surface area (Å²) in [6.07, 6.45) is 3.59. The molecule has 88 valence electrons. The van der Waals surface area contributed by atoms with Crippen LogP contribution in [0.25, 0.3) is 0 Å². The maximum Gasteiger partial charge on any atom is 0.236 e. The predicted molar refractivity (Wildman–Crippen MR) is 67.1 cm³/mol. The minimum absolute atomic E-state index is 0.105. The van der Waals surface area contributed by atoms with Crippen molar-refractivity contribution in [2.75, 3.05) is 0 Å². The first-order chi connectivity index (χ1) is 6.80. The van der Waals surface area contributed by atoms with Crippen LogP contribution >= 0.6 is 15.9 Å². The van der Waals surface area contributed by atoms with Gasteiger partial charge in [-0.25, -0.2) is 0 Å². The van der Waals surface area contributed by atoms with Gasteiger partial charge in [0.25, 0.3) is 0 Å². The molecular formula is C12H22BrNO. The molecule has 3 unspecified atom stereocenters. The number of hydrogen-bond acceptors (Lipinski definition) is 1. The van der Waals surface area contributed by atoms with Gasteiger partial charge in [0.15, 0.2) is 0 Å². The minimum Gasteiger partial charge on any atom is -0.352 e. The Morgan fingerprint density at radius 3 is 2.40 bits per heavy atom. The zero-order chi connectivity index (χ0) is 11.6. The molecule has 0 aromatic heterocycles. The fourth-order valence-corrected chi connectivity index (χ4v) is 2.33. The van der Waals surface area contributed by atoms with Gasteiger partial charge in [0.2, 0.25) is 5.91 Å². The van der Waals surface area contributed by atoms with Gasteiger partial charge in [-0.05, 0) is 44.9 Å². The molecule has 3 atom stereocenters. The quantitative estimate of drug-likeness (QED) is 0.771. The highest BCUT2D eigenvalue weighted by molar-refractivity contribution is 9.10. The number of rotatable bonds is 2. The van der Waals surface area contributed by atoms with Crippen molar-refractivity contribution in [2.24, 2.45) is 11.8 Å². The van der Waals surface area contributed by atoms with Crippen molar-refractivity contribution < 1.29 is 4.79 Å². The first-order valence-electron chi connectivity index (χ1n) is 5.80. The summed E-state index contributed by atoms with van der Waals surface area (Å²) in [6.45, 7) is 8.31. The first-order valence-corrected chi connectivity index (χ1v) is 6.60. The molecule has 0 radical (unpaired) electrons. The first kappa shape index (κ1) is 13.0. The Labute approximate surface area is 101 Å². The highest BCUT2D eigenvalue weighted by Crippen LogP contribution is 2.29. The Hall–Kier alpha value is -0.0500. The van der Waals surface area contributed by atoms with E-state index in [-0.39, 0.29) is 5.91 Å². The van der Waals surface area contributed by atoms with Crippen molar-refractivity contribution in [3.63, 3.8) is 0 Å². The lowest BCUT2D eigenvalue weighted by atomic mass is 9.80. The summed E-state index contributed by atoms with van der Waals surface area (Å²) < 4.78 is -0.449. The number of carbonyl (C=O) groups is 1. The molecule has 1 N–H and O–H groups in total. The topological polar surface area (TPSA) is 29.1 Å². The molecule has 0 aliphatic heterocycles. The number of amides is 1. The van der Waals surface area contributed by atoms with Crippen LogP contribution in [-0.2, 0) is 4.79 Å². The zero-order valence-electron chi connectivity index (χ0n) is 10.1. The molecule has 2 nitrogen and oxygen atoms in total. The van der Waals surface area contributed by atoms with E-state index in [1.807, 2.05) is 13.8 Å². The number of halogens is 1. The minimum atomic E-state index is -0.449. The van der Waals surface area contributed by atoms with Gasteiger partial charge in [-0.3, -0.25) is 4.79 Å². The number of hydrogen-bond donors (Lipinski definition) is 1. The van der Waals surface area contributed by atoms with Gasteiger partial charge >= 0.3 is 0 Å². The summed E-state index contributed by atoms with van der Waals surface area (Å²) in [5.41, 5.74) is 0. The zero-order valence-corrected chi connectivity index (χ0v) is 11.7. The van der Waals surface area contributed by atoms with Crippen LogP contribution in [0.3, 0.4) is 0 Å². The smallest absolute Gasteiger partial charge is 0.236 e. The van der Waals surface area contributed by atoms with E-state index in [0.29, 0.717) is 12.0 Å². The van der Waals surface area contributed by atoms with E-state index in [4.69, 9.17) is 0 Å². The monoisotopic (exact) mass is 275 g/mol. The van der Waals surface area contributed by atoms with Crippen LogP contribution in [0.2, 0.25) is 0 Å². The Morgan fingerprint density at radius 1 is 1.33 bits per heavy atom. The second-order valence-corrected chi connectivity index (χ2v) is 7.43. The molecule has 0 spiro atoms. The Bertz CT molecular complexity index is 234. The fraction of sp³-hybridized carbons (Fsp3) is 0.917. The largest absolute Gasteiger partial charge is 0.352 e. The Balaban J connectivity index is 2.49.